The molecule has 0 spiro atoms. The number of nitriles is 4. The molecule has 5 nitrogen and oxygen atoms in total. The van der Waals surface area contributed by atoms with Crippen molar-refractivity contribution in [1.29, 1.82) is 21.0 Å². The topological polar surface area (TPSA) is 108 Å². The summed E-state index contributed by atoms with van der Waals surface area (Å²) in [5, 5.41) is 38.6. The van der Waals surface area contributed by atoms with E-state index in [4.69, 9.17) is 4.98 Å². The molecule has 1 heterocycles. The highest BCUT2D eigenvalue weighted by atomic mass is 32.1. The minimum Gasteiger partial charge on any atom is -0.236 e. The van der Waals surface area contributed by atoms with Crippen LogP contribution in [0.25, 0.3) is 54.2 Å². The summed E-state index contributed by atoms with van der Waals surface area (Å²) in [5.74, 6) is 0. The van der Waals surface area contributed by atoms with Crippen LogP contribution >= 0.6 is 11.3 Å². The van der Waals surface area contributed by atoms with Crippen LogP contribution in [0.5, 0.6) is 0 Å². The molecule has 6 heteroatoms. The summed E-state index contributed by atoms with van der Waals surface area (Å²) < 4.78 is 1.10. The number of nitrogens with zero attached hydrogens (tertiary/aromatic N) is 5. The van der Waals surface area contributed by atoms with Gasteiger partial charge in [0, 0.05) is 5.56 Å². The Bertz CT molecular complexity index is 2080. The van der Waals surface area contributed by atoms with E-state index in [0.29, 0.717) is 22.3 Å². The third-order valence-electron chi connectivity index (χ3n) is 6.81. The number of rotatable bonds is 4. The summed E-state index contributed by atoms with van der Waals surface area (Å²) >= 11 is 1.62. The van der Waals surface area contributed by atoms with Crippen LogP contribution in [0.15, 0.2) is 103 Å². The molecule has 0 amide bonds. The predicted octanol–water partition coefficient (Wildman–Crippen LogP) is 8.45. The molecule has 41 heavy (non-hydrogen) atoms. The van der Waals surface area contributed by atoms with Crippen molar-refractivity contribution in [2.45, 2.75) is 0 Å². The van der Waals surface area contributed by atoms with Crippen LogP contribution in [0.4, 0.5) is 0 Å². The molecule has 1 aromatic heterocycles. The van der Waals surface area contributed by atoms with Crippen LogP contribution in [0, 0.1) is 45.3 Å². The Hall–Kier alpha value is -6.05. The fraction of sp³-hybridized carbons (Fsp3) is 0. The lowest BCUT2D eigenvalue weighted by molar-refractivity contribution is 1.43. The number of thiazole rings is 1. The Labute approximate surface area is 240 Å². The highest BCUT2D eigenvalue weighted by Crippen LogP contribution is 2.37. The van der Waals surface area contributed by atoms with Crippen molar-refractivity contribution < 1.29 is 0 Å². The van der Waals surface area contributed by atoms with Gasteiger partial charge in [0.15, 0.2) is 0 Å². The van der Waals surface area contributed by atoms with Gasteiger partial charge in [0.2, 0.25) is 0 Å². The highest BCUT2D eigenvalue weighted by Gasteiger charge is 2.13. The van der Waals surface area contributed by atoms with Crippen LogP contribution in [-0.2, 0) is 0 Å². The molecular weight excluding hydrogens is 522 g/mol. The van der Waals surface area contributed by atoms with Crippen molar-refractivity contribution in [2.75, 3.05) is 0 Å². The average Bonchev–Trinajstić information content (AvgIpc) is 3.48. The van der Waals surface area contributed by atoms with E-state index in [1.54, 1.807) is 41.7 Å². The number of para-hydroxylation sites is 1. The van der Waals surface area contributed by atoms with E-state index in [0.717, 1.165) is 54.2 Å². The third kappa shape index (κ3) is 4.92. The van der Waals surface area contributed by atoms with Gasteiger partial charge < -0.3 is 0 Å². The summed E-state index contributed by atoms with van der Waals surface area (Å²) in [6.07, 6.45) is 0. The molecule has 0 aliphatic rings. The van der Waals surface area contributed by atoms with Gasteiger partial charge in [0.05, 0.1) is 44.6 Å². The predicted molar refractivity (Wildman–Crippen MR) is 160 cm³/mol. The zero-order valence-electron chi connectivity index (χ0n) is 21.5. The fourth-order valence-corrected chi connectivity index (χ4v) is 5.73. The minimum absolute atomic E-state index is 0.331. The van der Waals surface area contributed by atoms with Gasteiger partial charge in [-0.05, 0) is 94.0 Å². The Morgan fingerprint density at radius 1 is 0.463 bits per heavy atom. The summed E-state index contributed by atoms with van der Waals surface area (Å²) in [4.78, 5) is 4.87. The summed E-state index contributed by atoms with van der Waals surface area (Å²) in [6.45, 7) is 0. The van der Waals surface area contributed by atoms with Gasteiger partial charge in [-0.3, -0.25) is 0 Å². The molecule has 0 N–H and O–H groups in total. The van der Waals surface area contributed by atoms with Gasteiger partial charge in [0.1, 0.15) is 17.1 Å². The van der Waals surface area contributed by atoms with Crippen LogP contribution in [0.2, 0.25) is 0 Å². The molecule has 0 fully saturated rings. The zero-order valence-corrected chi connectivity index (χ0v) is 22.3. The van der Waals surface area contributed by atoms with Crippen molar-refractivity contribution >= 4 is 21.6 Å². The number of fused-ring (bicyclic) bond motifs is 1. The number of benzene rings is 5. The molecule has 0 unspecified atom stereocenters. The van der Waals surface area contributed by atoms with Gasteiger partial charge in [-0.25, -0.2) is 4.98 Å². The smallest absolute Gasteiger partial charge is 0.124 e. The molecule has 6 aromatic rings. The molecular formula is C35H17N5S. The van der Waals surface area contributed by atoms with E-state index < -0.39 is 0 Å². The molecule has 0 aliphatic carbocycles. The SMILES string of the molecule is N#Cc1cc(C#N)cc(-c2ccc(-c3cc(-c4ccc(C#N)c(C#N)c4)cc(-c4nc5ccccc5s4)c3)cc2)c1. The molecule has 0 bridgehead atoms. The van der Waals surface area contributed by atoms with Gasteiger partial charge in [-0.15, -0.1) is 11.3 Å². The van der Waals surface area contributed by atoms with E-state index in [1.807, 2.05) is 48.5 Å². The highest BCUT2D eigenvalue weighted by molar-refractivity contribution is 7.21. The first kappa shape index (κ1) is 25.2. The lowest BCUT2D eigenvalue weighted by atomic mass is 9.93. The van der Waals surface area contributed by atoms with E-state index in [-0.39, 0.29) is 0 Å². The maximum Gasteiger partial charge on any atom is 0.124 e. The van der Waals surface area contributed by atoms with E-state index in [9.17, 15) is 21.0 Å². The molecule has 0 radical (unpaired) electrons. The second-order valence-corrected chi connectivity index (χ2v) is 10.4. The van der Waals surface area contributed by atoms with Crippen LogP contribution in [0.1, 0.15) is 22.3 Å². The first-order valence-corrected chi connectivity index (χ1v) is 13.4. The van der Waals surface area contributed by atoms with Crippen molar-refractivity contribution in [3.8, 4) is 68.2 Å². The van der Waals surface area contributed by atoms with Gasteiger partial charge in [-0.1, -0.05) is 42.5 Å². The van der Waals surface area contributed by atoms with Gasteiger partial charge in [0.25, 0.3) is 0 Å². The van der Waals surface area contributed by atoms with Crippen molar-refractivity contribution in [2.24, 2.45) is 0 Å². The lowest BCUT2D eigenvalue weighted by Gasteiger charge is -2.11. The van der Waals surface area contributed by atoms with Gasteiger partial charge >= 0.3 is 0 Å². The standard InChI is InChI=1S/C35H17N5S/c36-18-22-11-23(19-37)13-28(12-22)24-5-7-25(8-6-24)29-15-30(26-9-10-27(20-38)32(14-26)21-39)17-31(16-29)35-40-33-3-1-2-4-34(33)41-35/h1-17H. The maximum absolute atomic E-state index is 9.61. The van der Waals surface area contributed by atoms with Crippen LogP contribution in [0.3, 0.4) is 0 Å². The molecule has 0 saturated heterocycles. The summed E-state index contributed by atoms with van der Waals surface area (Å²) in [5.41, 5.74) is 8.82. The Morgan fingerprint density at radius 2 is 1.02 bits per heavy atom. The lowest BCUT2D eigenvalue weighted by Crippen LogP contribution is -1.89. The Kier molecular flexibility index (Phi) is 6.53. The molecule has 188 valence electrons. The molecule has 5 aromatic carbocycles. The number of aromatic nitrogens is 1. The first-order chi connectivity index (χ1) is 20.1. The number of hydrogen-bond acceptors (Lipinski definition) is 6. The second kappa shape index (κ2) is 10.6. The first-order valence-electron chi connectivity index (χ1n) is 12.6. The number of hydrogen-bond donors (Lipinski definition) is 0. The van der Waals surface area contributed by atoms with E-state index in [2.05, 4.69) is 48.5 Å². The Morgan fingerprint density at radius 3 is 1.63 bits per heavy atom. The van der Waals surface area contributed by atoms with E-state index in [1.165, 1.54) is 0 Å². The van der Waals surface area contributed by atoms with Crippen LogP contribution in [-0.4, -0.2) is 4.98 Å². The molecule has 6 rings (SSSR count). The third-order valence-corrected chi connectivity index (χ3v) is 7.90. The molecule has 0 saturated carbocycles. The Balaban J connectivity index is 1.48. The molecule has 0 aliphatic heterocycles. The second-order valence-electron chi connectivity index (χ2n) is 9.37. The van der Waals surface area contributed by atoms with Crippen LogP contribution < -0.4 is 0 Å². The monoisotopic (exact) mass is 539 g/mol. The van der Waals surface area contributed by atoms with E-state index >= 15 is 0 Å². The average molecular weight is 540 g/mol. The summed E-state index contributed by atoms with van der Waals surface area (Å²) in [6, 6.07) is 41.1. The zero-order chi connectivity index (χ0) is 28.3. The minimum atomic E-state index is 0.331. The fourth-order valence-electron chi connectivity index (χ4n) is 4.77. The molecule has 0 atom stereocenters. The van der Waals surface area contributed by atoms with Crippen molar-refractivity contribution in [1.82, 2.24) is 4.98 Å². The quantitative estimate of drug-likeness (QED) is 0.223. The van der Waals surface area contributed by atoms with Gasteiger partial charge in [-0.2, -0.15) is 21.0 Å². The maximum atomic E-state index is 9.61. The summed E-state index contributed by atoms with van der Waals surface area (Å²) in [7, 11) is 0. The normalized spacial score (nSPS) is 10.3. The van der Waals surface area contributed by atoms with Crippen molar-refractivity contribution in [3.05, 3.63) is 125 Å². The van der Waals surface area contributed by atoms with Crippen molar-refractivity contribution in [3.63, 3.8) is 0 Å². The largest absolute Gasteiger partial charge is 0.236 e.